The van der Waals surface area contributed by atoms with Gasteiger partial charge in [-0.1, -0.05) is 18.2 Å². The first-order chi connectivity index (χ1) is 7.43. The maximum Gasteiger partial charge on any atom is 0.316 e. The predicted octanol–water partition coefficient (Wildman–Crippen LogP) is 1.39. The average Bonchev–Trinajstić information content (AvgIpc) is 2.18. The maximum atomic E-state index is 9.00. The summed E-state index contributed by atoms with van der Waals surface area (Å²) in [4.78, 5) is 9.00. The van der Waals surface area contributed by atoms with Gasteiger partial charge in [0.25, 0.3) is 5.97 Å². The van der Waals surface area contributed by atoms with E-state index >= 15 is 0 Å². The summed E-state index contributed by atoms with van der Waals surface area (Å²) >= 11 is 0. The van der Waals surface area contributed by atoms with Crippen molar-refractivity contribution in [2.45, 2.75) is 6.92 Å². The fraction of sp³-hybridized carbons (Fsp3) is 0.100. The van der Waals surface area contributed by atoms with Crippen LogP contribution in [0.3, 0.4) is 0 Å². The molecule has 0 bridgehead atoms. The fourth-order valence-corrected chi connectivity index (χ4v) is 0.733. The molecule has 0 radical (unpaired) electrons. The lowest BCUT2D eigenvalue weighted by Crippen LogP contribution is -2.12. The molecule has 0 aliphatic heterocycles. The van der Waals surface area contributed by atoms with Crippen LogP contribution < -0.4 is 11.1 Å². The molecule has 0 aliphatic carbocycles. The molecular formula is C10H14N2O4. The first kappa shape index (κ1) is 13.6. The molecular weight excluding hydrogens is 212 g/mol. The molecule has 1 rings (SSSR count). The third-order valence-corrected chi connectivity index (χ3v) is 1.29. The number of aliphatic carboxylic acids is 1. The Morgan fingerprint density at radius 2 is 1.62 bits per heavy atom. The van der Waals surface area contributed by atoms with Crippen LogP contribution in [0.15, 0.2) is 42.1 Å². The summed E-state index contributed by atoms with van der Waals surface area (Å²) in [7, 11) is 0. The smallest absolute Gasteiger partial charge is 0.316 e. The van der Waals surface area contributed by atoms with Gasteiger partial charge in [0.2, 0.25) is 0 Å². The van der Waals surface area contributed by atoms with Crippen molar-refractivity contribution in [1.29, 1.82) is 0 Å². The minimum atomic E-state index is -0.904. The molecule has 0 saturated heterocycles. The molecule has 88 valence electrons. The molecule has 6 heteroatoms. The highest BCUT2D eigenvalue weighted by Crippen LogP contribution is 2.06. The first-order valence-electron chi connectivity index (χ1n) is 4.32. The van der Waals surface area contributed by atoms with Crippen molar-refractivity contribution in [3.05, 3.63) is 42.1 Å². The molecule has 0 spiro atoms. The van der Waals surface area contributed by atoms with Crippen LogP contribution in [0.2, 0.25) is 0 Å². The molecule has 0 unspecified atom stereocenters. The normalized spacial score (nSPS) is 8.31. The maximum absolute atomic E-state index is 9.00. The van der Waals surface area contributed by atoms with E-state index in [9.17, 15) is 0 Å². The van der Waals surface area contributed by atoms with Gasteiger partial charge < -0.3 is 26.4 Å². The molecule has 0 aliphatic rings. The van der Waals surface area contributed by atoms with Crippen molar-refractivity contribution < 1.29 is 20.1 Å². The molecule has 1 aromatic carbocycles. The topological polar surface area (TPSA) is 116 Å². The number of carboxylic acid groups (broad SMARTS) is 1. The number of carbonyl (C=O) groups is 1. The minimum absolute atomic E-state index is 0.166. The number of para-hydroxylation sites is 1. The van der Waals surface area contributed by atoms with Crippen molar-refractivity contribution in [2.24, 2.45) is 5.73 Å². The quantitative estimate of drug-likeness (QED) is 0.486. The van der Waals surface area contributed by atoms with Crippen LogP contribution in [0.25, 0.3) is 0 Å². The molecule has 0 saturated carbocycles. The monoisotopic (exact) mass is 226 g/mol. The number of hydrogen-bond acceptors (Lipinski definition) is 5. The Labute approximate surface area is 92.6 Å². The summed E-state index contributed by atoms with van der Waals surface area (Å²) in [6.45, 7) is 1.08. The highest BCUT2D eigenvalue weighted by atomic mass is 16.5. The van der Waals surface area contributed by atoms with Crippen LogP contribution in [0.1, 0.15) is 6.92 Å². The molecule has 1 aromatic rings. The number of anilines is 1. The molecule has 0 heterocycles. The molecule has 16 heavy (non-hydrogen) atoms. The van der Waals surface area contributed by atoms with Gasteiger partial charge in [-0.05, 0) is 12.1 Å². The van der Waals surface area contributed by atoms with E-state index in [1.54, 1.807) is 12.1 Å². The predicted molar refractivity (Wildman–Crippen MR) is 59.8 cm³/mol. The van der Waals surface area contributed by atoms with E-state index in [1.165, 1.54) is 0 Å². The number of aliphatic hydroxyl groups excluding tert-OH is 1. The highest BCUT2D eigenvalue weighted by Gasteiger charge is 1.97. The van der Waals surface area contributed by atoms with Gasteiger partial charge in [0, 0.05) is 12.6 Å². The molecule has 6 nitrogen and oxygen atoms in total. The SMILES string of the molecule is CC(=O)O.NC(Nc1ccccc1)=C(O)O. The Balaban J connectivity index is 0.000000487. The lowest BCUT2D eigenvalue weighted by molar-refractivity contribution is -0.134. The summed E-state index contributed by atoms with van der Waals surface area (Å²) < 4.78 is 0. The second kappa shape index (κ2) is 6.99. The van der Waals surface area contributed by atoms with Gasteiger partial charge in [-0.2, -0.15) is 0 Å². The number of nitrogens with two attached hydrogens (primary N) is 1. The van der Waals surface area contributed by atoms with Crippen LogP contribution in [-0.4, -0.2) is 21.3 Å². The van der Waals surface area contributed by atoms with E-state index in [2.05, 4.69) is 5.32 Å². The number of aliphatic hydroxyl groups is 2. The van der Waals surface area contributed by atoms with Crippen molar-refractivity contribution in [3.8, 4) is 0 Å². The molecule has 0 fully saturated rings. The number of rotatable bonds is 2. The van der Waals surface area contributed by atoms with Crippen molar-refractivity contribution in [3.63, 3.8) is 0 Å². The molecule has 0 atom stereocenters. The summed E-state index contributed by atoms with van der Waals surface area (Å²) in [5.74, 6) is -1.90. The van der Waals surface area contributed by atoms with Gasteiger partial charge in [0.15, 0.2) is 5.82 Å². The van der Waals surface area contributed by atoms with Gasteiger partial charge in [-0.15, -0.1) is 0 Å². The first-order valence-corrected chi connectivity index (χ1v) is 4.32. The molecule has 0 amide bonds. The Hall–Kier alpha value is -2.37. The minimum Gasteiger partial charge on any atom is -0.481 e. The largest absolute Gasteiger partial charge is 0.481 e. The average molecular weight is 226 g/mol. The summed E-state index contributed by atoms with van der Waals surface area (Å²) in [6.07, 6.45) is 0. The van der Waals surface area contributed by atoms with E-state index < -0.39 is 11.9 Å². The fourth-order valence-electron chi connectivity index (χ4n) is 0.733. The van der Waals surface area contributed by atoms with Gasteiger partial charge in [0.05, 0.1) is 0 Å². The number of nitrogens with one attached hydrogen (secondary N) is 1. The van der Waals surface area contributed by atoms with E-state index in [-0.39, 0.29) is 5.82 Å². The van der Waals surface area contributed by atoms with Crippen molar-refractivity contribution in [1.82, 2.24) is 0 Å². The Bertz CT molecular complexity index is 354. The van der Waals surface area contributed by atoms with Crippen molar-refractivity contribution in [2.75, 3.05) is 5.32 Å². The highest BCUT2D eigenvalue weighted by molar-refractivity contribution is 5.62. The molecule has 6 N–H and O–H groups in total. The van der Waals surface area contributed by atoms with Crippen LogP contribution in [0, 0.1) is 0 Å². The van der Waals surface area contributed by atoms with Crippen LogP contribution in [-0.2, 0) is 4.79 Å². The summed E-state index contributed by atoms with van der Waals surface area (Å²) in [6, 6.07) is 8.99. The van der Waals surface area contributed by atoms with Gasteiger partial charge in [-0.3, -0.25) is 4.79 Å². The zero-order valence-corrected chi connectivity index (χ0v) is 8.71. The van der Waals surface area contributed by atoms with Gasteiger partial charge in [0.1, 0.15) is 0 Å². The number of benzene rings is 1. The Morgan fingerprint density at radius 3 is 2.00 bits per heavy atom. The second-order valence-corrected chi connectivity index (χ2v) is 2.75. The number of carboxylic acids is 1. The van der Waals surface area contributed by atoms with Crippen LogP contribution >= 0.6 is 0 Å². The summed E-state index contributed by atoms with van der Waals surface area (Å²) in [5.41, 5.74) is 5.92. The third-order valence-electron chi connectivity index (χ3n) is 1.29. The van der Waals surface area contributed by atoms with Crippen LogP contribution in [0.4, 0.5) is 5.69 Å². The van der Waals surface area contributed by atoms with Gasteiger partial charge >= 0.3 is 5.95 Å². The van der Waals surface area contributed by atoms with E-state index in [4.69, 9.17) is 25.8 Å². The summed E-state index contributed by atoms with van der Waals surface area (Å²) in [5, 5.41) is 27.1. The van der Waals surface area contributed by atoms with Crippen molar-refractivity contribution >= 4 is 11.7 Å². The number of hydrogen-bond donors (Lipinski definition) is 5. The molecule has 0 aromatic heterocycles. The lowest BCUT2D eigenvalue weighted by Gasteiger charge is -2.04. The lowest BCUT2D eigenvalue weighted by atomic mass is 10.3. The van der Waals surface area contributed by atoms with E-state index in [0.717, 1.165) is 6.92 Å². The zero-order valence-electron chi connectivity index (χ0n) is 8.71. The van der Waals surface area contributed by atoms with Gasteiger partial charge in [-0.25, -0.2) is 0 Å². The van der Waals surface area contributed by atoms with E-state index in [0.29, 0.717) is 5.69 Å². The Kier molecular flexibility index (Phi) is 5.96. The van der Waals surface area contributed by atoms with Crippen LogP contribution in [0.5, 0.6) is 0 Å². The second-order valence-electron chi connectivity index (χ2n) is 2.75. The Morgan fingerprint density at radius 1 is 1.19 bits per heavy atom. The van der Waals surface area contributed by atoms with E-state index in [1.807, 2.05) is 18.2 Å². The zero-order chi connectivity index (χ0) is 12.6. The third kappa shape index (κ3) is 7.07. The standard InChI is InChI=1S/C8H10N2O2.C2H4O2/c9-7(8(11)12)10-6-4-2-1-3-5-6;1-2(3)4/h1-5,10-12H,9H2;1H3,(H,3,4).